The molecule has 2 unspecified atom stereocenters. The van der Waals surface area contributed by atoms with E-state index in [9.17, 15) is 0 Å². The molecule has 0 saturated heterocycles. The van der Waals surface area contributed by atoms with Gasteiger partial charge < -0.3 is 5.73 Å². The van der Waals surface area contributed by atoms with Crippen molar-refractivity contribution in [1.82, 2.24) is 9.88 Å². The van der Waals surface area contributed by atoms with Crippen LogP contribution in [-0.2, 0) is 6.54 Å². The fraction of sp³-hybridized carbons (Fsp3) is 0.471. The third kappa shape index (κ3) is 2.69. The van der Waals surface area contributed by atoms with Gasteiger partial charge in [0.05, 0.1) is 5.52 Å². The first-order valence-corrected chi connectivity index (χ1v) is 7.54. The van der Waals surface area contributed by atoms with Gasteiger partial charge in [0.1, 0.15) is 0 Å². The van der Waals surface area contributed by atoms with Gasteiger partial charge in [0, 0.05) is 30.2 Å². The van der Waals surface area contributed by atoms with Crippen molar-refractivity contribution in [3.8, 4) is 0 Å². The highest BCUT2D eigenvalue weighted by Gasteiger charge is 2.25. The normalized spacial score (nSPS) is 23.4. The third-order valence-corrected chi connectivity index (χ3v) is 4.48. The third-order valence-electron chi connectivity index (χ3n) is 4.48. The number of aromatic nitrogens is 1. The summed E-state index contributed by atoms with van der Waals surface area (Å²) in [5.74, 6) is 0. The summed E-state index contributed by atoms with van der Waals surface area (Å²) >= 11 is 0. The van der Waals surface area contributed by atoms with Gasteiger partial charge in [-0.3, -0.25) is 9.88 Å². The standard InChI is InChI=1S/C17H23N3/c1-20(16-10-3-2-9-15(16)18)12-14-7-4-6-13-8-5-11-19-17(13)14/h4-8,11,15-16H,2-3,9-10,12,18H2,1H3. The summed E-state index contributed by atoms with van der Waals surface area (Å²) in [4.78, 5) is 6.95. The predicted octanol–water partition coefficient (Wildman–Crippen LogP) is 2.94. The SMILES string of the molecule is CN(Cc1cccc2cccnc12)C1CCCCC1N. The Hall–Kier alpha value is -1.45. The number of fused-ring (bicyclic) bond motifs is 1. The van der Waals surface area contributed by atoms with Crippen LogP contribution in [0.1, 0.15) is 31.2 Å². The molecule has 1 aliphatic carbocycles. The highest BCUT2D eigenvalue weighted by molar-refractivity contribution is 5.81. The van der Waals surface area contributed by atoms with Crippen LogP contribution >= 0.6 is 0 Å². The van der Waals surface area contributed by atoms with Crippen molar-refractivity contribution in [2.24, 2.45) is 5.73 Å². The van der Waals surface area contributed by atoms with Crippen LogP contribution in [0.15, 0.2) is 36.5 Å². The zero-order valence-electron chi connectivity index (χ0n) is 12.1. The maximum atomic E-state index is 6.29. The molecule has 3 rings (SSSR count). The molecular weight excluding hydrogens is 246 g/mol. The lowest BCUT2D eigenvalue weighted by Gasteiger charge is -2.36. The minimum Gasteiger partial charge on any atom is -0.326 e. The molecule has 20 heavy (non-hydrogen) atoms. The van der Waals surface area contributed by atoms with Crippen molar-refractivity contribution in [1.29, 1.82) is 0 Å². The molecule has 3 heteroatoms. The van der Waals surface area contributed by atoms with E-state index in [4.69, 9.17) is 5.73 Å². The topological polar surface area (TPSA) is 42.2 Å². The molecule has 0 radical (unpaired) electrons. The van der Waals surface area contributed by atoms with Gasteiger partial charge in [-0.05, 0) is 31.5 Å². The molecule has 0 aliphatic heterocycles. The number of benzene rings is 1. The van der Waals surface area contributed by atoms with Gasteiger partial charge in [-0.15, -0.1) is 0 Å². The van der Waals surface area contributed by atoms with Gasteiger partial charge in [0.2, 0.25) is 0 Å². The van der Waals surface area contributed by atoms with E-state index in [-0.39, 0.29) is 0 Å². The molecular formula is C17H23N3. The number of hydrogen-bond donors (Lipinski definition) is 1. The molecule has 3 nitrogen and oxygen atoms in total. The van der Waals surface area contributed by atoms with E-state index in [1.165, 1.54) is 30.2 Å². The van der Waals surface area contributed by atoms with Gasteiger partial charge in [-0.1, -0.05) is 37.1 Å². The minimum atomic E-state index is 0.316. The Labute approximate surface area is 120 Å². The van der Waals surface area contributed by atoms with Gasteiger partial charge in [-0.2, -0.15) is 0 Å². The summed E-state index contributed by atoms with van der Waals surface area (Å²) in [5, 5.41) is 1.21. The fourth-order valence-electron chi connectivity index (χ4n) is 3.37. The first-order chi connectivity index (χ1) is 9.75. The number of pyridine rings is 1. The molecule has 2 N–H and O–H groups in total. The molecule has 1 aliphatic rings. The highest BCUT2D eigenvalue weighted by atomic mass is 15.1. The lowest BCUT2D eigenvalue weighted by Crippen LogP contribution is -2.47. The molecule has 1 aromatic heterocycles. The Morgan fingerprint density at radius 1 is 1.20 bits per heavy atom. The van der Waals surface area contributed by atoms with Crippen LogP contribution in [-0.4, -0.2) is 29.0 Å². The molecule has 2 aromatic rings. The van der Waals surface area contributed by atoms with Crippen LogP contribution in [0, 0.1) is 0 Å². The van der Waals surface area contributed by atoms with Crippen molar-refractivity contribution in [3.63, 3.8) is 0 Å². The summed E-state index contributed by atoms with van der Waals surface area (Å²) in [6.45, 7) is 0.923. The summed E-state index contributed by atoms with van der Waals surface area (Å²) < 4.78 is 0. The number of nitrogens with two attached hydrogens (primary N) is 1. The zero-order chi connectivity index (χ0) is 13.9. The summed E-state index contributed by atoms with van der Waals surface area (Å²) in [6.07, 6.45) is 6.83. The highest BCUT2D eigenvalue weighted by Crippen LogP contribution is 2.24. The predicted molar refractivity (Wildman–Crippen MR) is 83.4 cm³/mol. The number of likely N-dealkylation sites (N-methyl/N-ethyl adjacent to an activating group) is 1. The van der Waals surface area contributed by atoms with E-state index in [1.54, 1.807) is 0 Å². The Kier molecular flexibility index (Phi) is 3.99. The number of nitrogens with zero attached hydrogens (tertiary/aromatic N) is 2. The quantitative estimate of drug-likeness (QED) is 0.931. The molecule has 1 heterocycles. The van der Waals surface area contributed by atoms with E-state index in [1.807, 2.05) is 12.3 Å². The lowest BCUT2D eigenvalue weighted by molar-refractivity contribution is 0.163. The lowest BCUT2D eigenvalue weighted by atomic mass is 9.90. The van der Waals surface area contributed by atoms with Gasteiger partial charge in [-0.25, -0.2) is 0 Å². The fourth-order valence-corrected chi connectivity index (χ4v) is 3.37. The molecule has 0 bridgehead atoms. The van der Waals surface area contributed by atoms with Crippen LogP contribution in [0.3, 0.4) is 0 Å². The van der Waals surface area contributed by atoms with Crippen LogP contribution < -0.4 is 5.73 Å². The van der Waals surface area contributed by atoms with Gasteiger partial charge in [0.25, 0.3) is 0 Å². The first-order valence-electron chi connectivity index (χ1n) is 7.54. The van der Waals surface area contributed by atoms with Crippen LogP contribution in [0.4, 0.5) is 0 Å². The Balaban J connectivity index is 1.82. The van der Waals surface area contributed by atoms with Gasteiger partial charge >= 0.3 is 0 Å². The average Bonchev–Trinajstić information content (AvgIpc) is 2.48. The molecule has 106 valence electrons. The van der Waals surface area contributed by atoms with Crippen LogP contribution in [0.2, 0.25) is 0 Å². The van der Waals surface area contributed by atoms with Gasteiger partial charge in [0.15, 0.2) is 0 Å². The van der Waals surface area contributed by atoms with E-state index >= 15 is 0 Å². The van der Waals surface area contributed by atoms with Crippen molar-refractivity contribution in [2.45, 2.75) is 44.3 Å². The molecule has 1 aromatic carbocycles. The summed E-state index contributed by atoms with van der Waals surface area (Å²) in [6, 6.07) is 11.4. The second-order valence-corrected chi connectivity index (χ2v) is 5.92. The van der Waals surface area contributed by atoms with Crippen molar-refractivity contribution in [2.75, 3.05) is 7.05 Å². The second-order valence-electron chi connectivity index (χ2n) is 5.92. The molecule has 0 spiro atoms. The summed E-state index contributed by atoms with van der Waals surface area (Å²) in [7, 11) is 2.19. The first kappa shape index (κ1) is 13.5. The summed E-state index contributed by atoms with van der Waals surface area (Å²) in [5.41, 5.74) is 8.70. The number of para-hydroxylation sites is 1. The van der Waals surface area contributed by atoms with E-state index in [0.29, 0.717) is 12.1 Å². The van der Waals surface area contributed by atoms with Crippen molar-refractivity contribution < 1.29 is 0 Å². The molecule has 1 fully saturated rings. The van der Waals surface area contributed by atoms with E-state index < -0.39 is 0 Å². The zero-order valence-corrected chi connectivity index (χ0v) is 12.1. The Bertz CT molecular complexity index is 576. The maximum Gasteiger partial charge on any atom is 0.0746 e. The molecule has 0 amide bonds. The largest absolute Gasteiger partial charge is 0.326 e. The van der Waals surface area contributed by atoms with Crippen molar-refractivity contribution in [3.05, 3.63) is 42.1 Å². The Morgan fingerprint density at radius 2 is 2.00 bits per heavy atom. The monoisotopic (exact) mass is 269 g/mol. The number of rotatable bonds is 3. The Morgan fingerprint density at radius 3 is 2.85 bits per heavy atom. The second kappa shape index (κ2) is 5.90. The smallest absolute Gasteiger partial charge is 0.0746 e. The van der Waals surface area contributed by atoms with Crippen LogP contribution in [0.25, 0.3) is 10.9 Å². The molecule has 1 saturated carbocycles. The van der Waals surface area contributed by atoms with E-state index in [0.717, 1.165) is 18.5 Å². The van der Waals surface area contributed by atoms with E-state index in [2.05, 4.69) is 41.2 Å². The number of hydrogen-bond acceptors (Lipinski definition) is 3. The maximum absolute atomic E-state index is 6.29. The minimum absolute atomic E-state index is 0.316. The van der Waals surface area contributed by atoms with Crippen molar-refractivity contribution >= 4 is 10.9 Å². The average molecular weight is 269 g/mol. The van der Waals surface area contributed by atoms with Crippen LogP contribution in [0.5, 0.6) is 0 Å². The molecule has 2 atom stereocenters.